The zero-order valence-electron chi connectivity index (χ0n) is 17.6. The number of halogens is 1. The Hall–Kier alpha value is -1.10. The summed E-state index contributed by atoms with van der Waals surface area (Å²) in [5, 5.41) is 9.91. The molecule has 1 aliphatic rings. The van der Waals surface area contributed by atoms with E-state index in [1.807, 2.05) is 32.6 Å². The predicted molar refractivity (Wildman–Crippen MR) is 126 cm³/mol. The summed E-state index contributed by atoms with van der Waals surface area (Å²) in [5.74, 6) is 1.18. The lowest BCUT2D eigenvalue weighted by atomic mass is 9.98. The van der Waals surface area contributed by atoms with Crippen molar-refractivity contribution in [1.29, 1.82) is 0 Å². The molecule has 2 rings (SSSR count). The number of hydrogen-bond donors (Lipinski definition) is 2. The second-order valence-corrected chi connectivity index (χ2v) is 8.98. The normalized spacial score (nSPS) is 17.7. The van der Waals surface area contributed by atoms with Gasteiger partial charge in [-0.25, -0.2) is 9.78 Å². The van der Waals surface area contributed by atoms with Crippen molar-refractivity contribution >= 4 is 47.4 Å². The maximum atomic E-state index is 12.3. The first-order valence-corrected chi connectivity index (χ1v) is 10.5. The van der Waals surface area contributed by atoms with E-state index >= 15 is 0 Å². The molecule has 0 radical (unpaired) electrons. The fourth-order valence-electron chi connectivity index (χ4n) is 3.02. The standard InChI is InChI=1S/C19H33N5O2S.HI/c1-14-23-16(13-27-14)8-9-21-17(20-5)22-11-15-7-6-10-24(12-15)18(25)26-19(2,3)4;/h13,15H,6-12H2,1-5H3,(H2,20,21,22);1H. The number of aliphatic imine (C=N–C) groups is 1. The predicted octanol–water partition coefficient (Wildman–Crippen LogP) is 3.42. The molecular formula is C19H34IN5O2S. The summed E-state index contributed by atoms with van der Waals surface area (Å²) in [7, 11) is 1.77. The van der Waals surface area contributed by atoms with Gasteiger partial charge in [0.15, 0.2) is 5.96 Å². The maximum absolute atomic E-state index is 12.3. The van der Waals surface area contributed by atoms with Gasteiger partial charge in [0.25, 0.3) is 0 Å². The number of amides is 1. The van der Waals surface area contributed by atoms with Crippen molar-refractivity contribution in [3.05, 3.63) is 16.1 Å². The smallest absolute Gasteiger partial charge is 0.410 e. The summed E-state index contributed by atoms with van der Waals surface area (Å²) in [6.45, 7) is 10.8. The highest BCUT2D eigenvalue weighted by Crippen LogP contribution is 2.18. The minimum absolute atomic E-state index is 0. The highest BCUT2D eigenvalue weighted by Gasteiger charge is 2.27. The monoisotopic (exact) mass is 523 g/mol. The van der Waals surface area contributed by atoms with Gasteiger partial charge in [-0.05, 0) is 46.5 Å². The average Bonchev–Trinajstić information content (AvgIpc) is 3.02. The molecule has 1 fully saturated rings. The van der Waals surface area contributed by atoms with E-state index in [9.17, 15) is 4.79 Å². The third-order valence-electron chi connectivity index (χ3n) is 4.29. The van der Waals surface area contributed by atoms with Crippen LogP contribution in [0.1, 0.15) is 44.3 Å². The molecule has 1 amide bonds. The number of piperidine rings is 1. The number of aromatic nitrogens is 1. The Bertz CT molecular complexity index is 645. The first kappa shape index (κ1) is 24.9. The zero-order valence-corrected chi connectivity index (χ0v) is 20.7. The van der Waals surface area contributed by atoms with E-state index in [2.05, 4.69) is 26.0 Å². The number of likely N-dealkylation sites (tertiary alicyclic amines) is 1. The van der Waals surface area contributed by atoms with Crippen LogP contribution in [0, 0.1) is 12.8 Å². The van der Waals surface area contributed by atoms with Gasteiger partial charge in [-0.15, -0.1) is 35.3 Å². The molecule has 0 aliphatic carbocycles. The third-order valence-corrected chi connectivity index (χ3v) is 5.11. The number of hydrogen-bond acceptors (Lipinski definition) is 5. The quantitative estimate of drug-likeness (QED) is 0.352. The minimum atomic E-state index is -0.454. The van der Waals surface area contributed by atoms with E-state index in [-0.39, 0.29) is 30.1 Å². The molecule has 1 aliphatic heterocycles. The van der Waals surface area contributed by atoms with Crippen LogP contribution in [0.3, 0.4) is 0 Å². The van der Waals surface area contributed by atoms with Crippen LogP contribution in [0.5, 0.6) is 0 Å². The molecular weight excluding hydrogens is 489 g/mol. The van der Waals surface area contributed by atoms with E-state index in [4.69, 9.17) is 4.74 Å². The van der Waals surface area contributed by atoms with E-state index in [0.29, 0.717) is 5.92 Å². The summed E-state index contributed by atoms with van der Waals surface area (Å²) in [5.41, 5.74) is 0.658. The van der Waals surface area contributed by atoms with Crippen molar-refractivity contribution in [3.8, 4) is 0 Å². The van der Waals surface area contributed by atoms with Crippen molar-refractivity contribution in [2.24, 2.45) is 10.9 Å². The fourth-order valence-corrected chi connectivity index (χ4v) is 3.66. The molecule has 0 saturated carbocycles. The van der Waals surface area contributed by atoms with Crippen LogP contribution in [-0.2, 0) is 11.2 Å². The van der Waals surface area contributed by atoms with E-state index in [1.165, 1.54) is 0 Å². The maximum Gasteiger partial charge on any atom is 0.410 e. The van der Waals surface area contributed by atoms with Gasteiger partial charge in [0.2, 0.25) is 0 Å². The molecule has 9 heteroatoms. The summed E-state index contributed by atoms with van der Waals surface area (Å²) >= 11 is 1.68. The van der Waals surface area contributed by atoms with E-state index < -0.39 is 5.60 Å². The Morgan fingerprint density at radius 3 is 2.79 bits per heavy atom. The van der Waals surface area contributed by atoms with Crippen molar-refractivity contribution in [2.75, 3.05) is 33.2 Å². The van der Waals surface area contributed by atoms with Gasteiger partial charge in [0.05, 0.1) is 10.7 Å². The molecule has 1 unspecified atom stereocenters. The SMILES string of the molecule is CN=C(NCCc1csc(C)n1)NCC1CCCN(C(=O)OC(C)(C)C)C1.I. The van der Waals surface area contributed by atoms with E-state index in [0.717, 1.165) is 62.1 Å². The van der Waals surface area contributed by atoms with Gasteiger partial charge in [0, 0.05) is 45.0 Å². The molecule has 1 aromatic rings. The number of nitrogens with one attached hydrogen (secondary N) is 2. The third kappa shape index (κ3) is 8.93. The van der Waals surface area contributed by atoms with Crippen molar-refractivity contribution in [1.82, 2.24) is 20.5 Å². The molecule has 1 atom stereocenters. The zero-order chi connectivity index (χ0) is 19.9. The number of carbonyl (C=O) groups is 1. The second-order valence-electron chi connectivity index (χ2n) is 7.92. The molecule has 2 N–H and O–H groups in total. The summed E-state index contributed by atoms with van der Waals surface area (Å²) in [6, 6.07) is 0. The van der Waals surface area contributed by atoms with Gasteiger partial charge >= 0.3 is 6.09 Å². The molecule has 0 bridgehead atoms. The molecule has 0 aromatic carbocycles. The molecule has 1 aromatic heterocycles. The number of aryl methyl sites for hydroxylation is 1. The largest absolute Gasteiger partial charge is 0.444 e. The van der Waals surface area contributed by atoms with Crippen LogP contribution in [-0.4, -0.2) is 60.8 Å². The topological polar surface area (TPSA) is 78.9 Å². The van der Waals surface area contributed by atoms with E-state index in [1.54, 1.807) is 18.4 Å². The molecule has 28 heavy (non-hydrogen) atoms. The van der Waals surface area contributed by atoms with Crippen LogP contribution in [0.15, 0.2) is 10.4 Å². The minimum Gasteiger partial charge on any atom is -0.444 e. The number of ether oxygens (including phenoxy) is 1. The Kier molecular flexibility index (Phi) is 10.5. The first-order chi connectivity index (χ1) is 12.8. The lowest BCUT2D eigenvalue weighted by molar-refractivity contribution is 0.0168. The summed E-state index contributed by atoms with van der Waals surface area (Å²) < 4.78 is 5.49. The molecule has 7 nitrogen and oxygen atoms in total. The van der Waals surface area contributed by atoms with Gasteiger partial charge in [-0.3, -0.25) is 4.99 Å². The molecule has 160 valence electrons. The van der Waals surface area contributed by atoms with Crippen LogP contribution >= 0.6 is 35.3 Å². The lowest BCUT2D eigenvalue weighted by Crippen LogP contribution is -2.47. The van der Waals surface area contributed by atoms with Crippen LogP contribution in [0.25, 0.3) is 0 Å². The average molecular weight is 523 g/mol. The molecule has 1 saturated heterocycles. The number of nitrogens with zero attached hydrogens (tertiary/aromatic N) is 3. The Morgan fingerprint density at radius 1 is 1.43 bits per heavy atom. The Labute approximate surface area is 189 Å². The van der Waals surface area contributed by atoms with Crippen molar-refractivity contribution in [3.63, 3.8) is 0 Å². The Morgan fingerprint density at radius 2 is 2.18 bits per heavy atom. The molecule has 0 spiro atoms. The van der Waals surface area contributed by atoms with Gasteiger partial charge in [-0.1, -0.05) is 0 Å². The Balaban J connectivity index is 0.00000392. The highest BCUT2D eigenvalue weighted by atomic mass is 127. The first-order valence-electron chi connectivity index (χ1n) is 9.60. The number of rotatable bonds is 5. The van der Waals surface area contributed by atoms with Gasteiger partial charge in [0.1, 0.15) is 5.60 Å². The van der Waals surface area contributed by atoms with Crippen LogP contribution in [0.2, 0.25) is 0 Å². The van der Waals surface area contributed by atoms with Gasteiger partial charge in [-0.2, -0.15) is 0 Å². The summed E-state index contributed by atoms with van der Waals surface area (Å²) in [6.07, 6.45) is 2.76. The number of guanidine groups is 1. The number of carbonyl (C=O) groups excluding carboxylic acids is 1. The lowest BCUT2D eigenvalue weighted by Gasteiger charge is -2.34. The fraction of sp³-hybridized carbons (Fsp3) is 0.737. The summed E-state index contributed by atoms with van der Waals surface area (Å²) in [4.78, 5) is 22.8. The van der Waals surface area contributed by atoms with Crippen LogP contribution < -0.4 is 10.6 Å². The highest BCUT2D eigenvalue weighted by molar-refractivity contribution is 14.0. The van der Waals surface area contributed by atoms with Gasteiger partial charge < -0.3 is 20.3 Å². The van der Waals surface area contributed by atoms with Crippen molar-refractivity contribution in [2.45, 2.75) is 52.6 Å². The second kappa shape index (κ2) is 11.8. The van der Waals surface area contributed by atoms with Crippen molar-refractivity contribution < 1.29 is 9.53 Å². The molecule has 2 heterocycles. The number of thiazole rings is 1. The van der Waals surface area contributed by atoms with Crippen LogP contribution in [0.4, 0.5) is 4.79 Å².